The number of nitrogens with zero attached hydrogens (tertiary/aromatic N) is 1. The highest BCUT2D eigenvalue weighted by molar-refractivity contribution is 7.91. The molecule has 2 aliphatic rings. The lowest BCUT2D eigenvalue weighted by atomic mass is 10.1. The number of benzene rings is 2. The molecule has 0 aliphatic carbocycles. The third-order valence-corrected chi connectivity index (χ3v) is 6.75. The van der Waals surface area contributed by atoms with Gasteiger partial charge in [0.05, 0.1) is 16.3 Å². The van der Waals surface area contributed by atoms with Gasteiger partial charge in [0.25, 0.3) is 5.91 Å². The van der Waals surface area contributed by atoms with E-state index in [9.17, 15) is 17.6 Å². The van der Waals surface area contributed by atoms with Crippen LogP contribution in [0, 0.1) is 5.82 Å². The molecule has 7 heteroatoms. The molecule has 0 radical (unpaired) electrons. The number of carbonyl (C=O) groups excluding carboxylic acids is 1. The SMILES string of the molecule is O=C(Nc1ccc2c(c1)S(=O)(=O)CC2)c1ccc(N2CCCC2)c(F)c1. The van der Waals surface area contributed by atoms with Gasteiger partial charge in [-0.15, -0.1) is 0 Å². The maximum atomic E-state index is 14.4. The summed E-state index contributed by atoms with van der Waals surface area (Å²) in [6.07, 6.45) is 2.58. The molecule has 1 N–H and O–H groups in total. The standard InChI is InChI=1S/C19H19FN2O3S/c20-16-11-14(4-6-17(16)22-8-1-2-9-22)19(23)21-15-5-3-13-7-10-26(24,25)18(13)12-15/h3-6,11-12H,1-2,7-10H2,(H,21,23). The number of anilines is 2. The van der Waals surface area contributed by atoms with E-state index in [0.717, 1.165) is 31.5 Å². The normalized spacial score (nSPS) is 18.0. The smallest absolute Gasteiger partial charge is 0.255 e. The van der Waals surface area contributed by atoms with Gasteiger partial charge in [0.1, 0.15) is 5.82 Å². The Morgan fingerprint density at radius 3 is 2.58 bits per heavy atom. The van der Waals surface area contributed by atoms with Gasteiger partial charge in [-0.05, 0) is 55.2 Å². The first-order chi connectivity index (χ1) is 12.4. The van der Waals surface area contributed by atoms with Crippen LogP contribution in [0.15, 0.2) is 41.3 Å². The van der Waals surface area contributed by atoms with Crippen LogP contribution in [0.25, 0.3) is 0 Å². The molecule has 1 amide bonds. The van der Waals surface area contributed by atoms with Gasteiger partial charge >= 0.3 is 0 Å². The molecule has 2 heterocycles. The summed E-state index contributed by atoms with van der Waals surface area (Å²) in [5.74, 6) is -0.786. The number of carbonyl (C=O) groups is 1. The number of sulfone groups is 1. The molecule has 1 saturated heterocycles. The summed E-state index contributed by atoms with van der Waals surface area (Å²) in [4.78, 5) is 14.7. The molecular weight excluding hydrogens is 355 g/mol. The second-order valence-electron chi connectivity index (χ2n) is 6.71. The zero-order valence-corrected chi connectivity index (χ0v) is 15.0. The van der Waals surface area contributed by atoms with E-state index in [1.54, 1.807) is 24.3 Å². The molecule has 26 heavy (non-hydrogen) atoms. The predicted molar refractivity (Wildman–Crippen MR) is 98.0 cm³/mol. The number of nitrogens with one attached hydrogen (secondary N) is 1. The van der Waals surface area contributed by atoms with Crippen LogP contribution in [0.3, 0.4) is 0 Å². The van der Waals surface area contributed by atoms with Gasteiger partial charge in [0.2, 0.25) is 0 Å². The van der Waals surface area contributed by atoms with Crippen molar-refractivity contribution in [2.24, 2.45) is 0 Å². The Kier molecular flexibility index (Phi) is 4.19. The van der Waals surface area contributed by atoms with E-state index in [-0.39, 0.29) is 16.2 Å². The van der Waals surface area contributed by atoms with Crippen molar-refractivity contribution < 1.29 is 17.6 Å². The molecule has 0 unspecified atom stereocenters. The molecule has 136 valence electrons. The van der Waals surface area contributed by atoms with E-state index < -0.39 is 21.6 Å². The third-order valence-electron chi connectivity index (χ3n) is 4.96. The van der Waals surface area contributed by atoms with Crippen molar-refractivity contribution in [1.82, 2.24) is 0 Å². The van der Waals surface area contributed by atoms with Gasteiger partial charge in [-0.25, -0.2) is 12.8 Å². The van der Waals surface area contributed by atoms with Crippen LogP contribution in [0.1, 0.15) is 28.8 Å². The maximum absolute atomic E-state index is 14.4. The highest BCUT2D eigenvalue weighted by atomic mass is 32.2. The monoisotopic (exact) mass is 374 g/mol. The van der Waals surface area contributed by atoms with Gasteiger partial charge in [-0.3, -0.25) is 4.79 Å². The van der Waals surface area contributed by atoms with Gasteiger partial charge in [-0.2, -0.15) is 0 Å². The van der Waals surface area contributed by atoms with Crippen LogP contribution in [0.2, 0.25) is 0 Å². The van der Waals surface area contributed by atoms with Crippen molar-refractivity contribution in [3.63, 3.8) is 0 Å². The zero-order valence-electron chi connectivity index (χ0n) is 14.2. The molecule has 5 nitrogen and oxygen atoms in total. The summed E-state index contributed by atoms with van der Waals surface area (Å²) in [7, 11) is -3.27. The minimum absolute atomic E-state index is 0.100. The van der Waals surface area contributed by atoms with E-state index in [2.05, 4.69) is 5.32 Å². The minimum atomic E-state index is -3.27. The molecule has 2 aliphatic heterocycles. The molecule has 0 spiro atoms. The fourth-order valence-corrected chi connectivity index (χ4v) is 5.13. The Labute approximate surface area is 151 Å². The van der Waals surface area contributed by atoms with Crippen molar-refractivity contribution in [1.29, 1.82) is 0 Å². The molecule has 0 bridgehead atoms. The number of hydrogen-bond donors (Lipinski definition) is 1. The van der Waals surface area contributed by atoms with Crippen molar-refractivity contribution in [3.8, 4) is 0 Å². The summed E-state index contributed by atoms with van der Waals surface area (Å²) in [5.41, 5.74) is 1.88. The molecule has 0 aromatic heterocycles. The second kappa shape index (κ2) is 6.39. The van der Waals surface area contributed by atoms with Crippen LogP contribution in [0.5, 0.6) is 0 Å². The van der Waals surface area contributed by atoms with Crippen LogP contribution in [0.4, 0.5) is 15.8 Å². The first kappa shape index (κ1) is 17.0. The molecule has 1 fully saturated rings. The van der Waals surface area contributed by atoms with Crippen molar-refractivity contribution in [2.45, 2.75) is 24.2 Å². The lowest BCUT2D eigenvalue weighted by molar-refractivity contribution is 0.102. The number of hydrogen-bond acceptors (Lipinski definition) is 4. The maximum Gasteiger partial charge on any atom is 0.255 e. The first-order valence-corrected chi connectivity index (χ1v) is 10.3. The van der Waals surface area contributed by atoms with Crippen LogP contribution >= 0.6 is 0 Å². The number of amides is 1. The van der Waals surface area contributed by atoms with E-state index in [4.69, 9.17) is 0 Å². The fraction of sp³-hybridized carbons (Fsp3) is 0.316. The highest BCUT2D eigenvalue weighted by Crippen LogP contribution is 2.29. The highest BCUT2D eigenvalue weighted by Gasteiger charge is 2.26. The number of halogens is 1. The Morgan fingerprint density at radius 1 is 1.08 bits per heavy atom. The topological polar surface area (TPSA) is 66.5 Å². The van der Waals surface area contributed by atoms with Gasteiger partial charge < -0.3 is 10.2 Å². The average molecular weight is 374 g/mol. The Balaban J connectivity index is 1.55. The summed E-state index contributed by atoms with van der Waals surface area (Å²) in [6.45, 7) is 1.65. The zero-order chi connectivity index (χ0) is 18.3. The van der Waals surface area contributed by atoms with Crippen LogP contribution in [-0.4, -0.2) is 33.2 Å². The lowest BCUT2D eigenvalue weighted by Crippen LogP contribution is -2.19. The van der Waals surface area contributed by atoms with Gasteiger partial charge in [0, 0.05) is 24.3 Å². The predicted octanol–water partition coefficient (Wildman–Crippen LogP) is 3.01. The largest absolute Gasteiger partial charge is 0.369 e. The molecule has 0 atom stereocenters. The minimum Gasteiger partial charge on any atom is -0.369 e. The van der Waals surface area contributed by atoms with E-state index in [1.807, 2.05) is 4.90 Å². The van der Waals surface area contributed by atoms with E-state index in [1.165, 1.54) is 12.1 Å². The third kappa shape index (κ3) is 3.07. The molecule has 2 aromatic rings. The summed E-state index contributed by atoms with van der Waals surface area (Å²) in [6, 6.07) is 9.32. The van der Waals surface area contributed by atoms with E-state index in [0.29, 0.717) is 17.8 Å². The van der Waals surface area contributed by atoms with Crippen LogP contribution < -0.4 is 10.2 Å². The quantitative estimate of drug-likeness (QED) is 0.897. The van der Waals surface area contributed by atoms with Gasteiger partial charge in [0.15, 0.2) is 9.84 Å². The van der Waals surface area contributed by atoms with Crippen LogP contribution in [-0.2, 0) is 16.3 Å². The number of rotatable bonds is 3. The second-order valence-corrected chi connectivity index (χ2v) is 8.78. The molecular formula is C19H19FN2O3S. The molecule has 0 saturated carbocycles. The number of fused-ring (bicyclic) bond motifs is 1. The summed E-state index contributed by atoms with van der Waals surface area (Å²) < 4.78 is 38.4. The summed E-state index contributed by atoms with van der Waals surface area (Å²) >= 11 is 0. The van der Waals surface area contributed by atoms with E-state index >= 15 is 0 Å². The average Bonchev–Trinajstić information content (AvgIpc) is 3.23. The van der Waals surface area contributed by atoms with Crippen molar-refractivity contribution in [2.75, 3.05) is 29.1 Å². The lowest BCUT2D eigenvalue weighted by Gasteiger charge is -2.18. The van der Waals surface area contributed by atoms with Crippen molar-refractivity contribution in [3.05, 3.63) is 53.3 Å². The van der Waals surface area contributed by atoms with Gasteiger partial charge in [-0.1, -0.05) is 6.07 Å². The number of aryl methyl sites for hydroxylation is 1. The Hall–Kier alpha value is -2.41. The summed E-state index contributed by atoms with van der Waals surface area (Å²) in [5, 5.41) is 2.66. The molecule has 4 rings (SSSR count). The Bertz CT molecular complexity index is 982. The van der Waals surface area contributed by atoms with Crippen molar-refractivity contribution >= 4 is 27.1 Å². The fourth-order valence-electron chi connectivity index (χ4n) is 3.55. The first-order valence-electron chi connectivity index (χ1n) is 8.65. The molecule has 2 aromatic carbocycles. The Morgan fingerprint density at radius 2 is 1.85 bits per heavy atom.